The molecule has 5 nitrogen and oxygen atoms in total. The van der Waals surface area contributed by atoms with Gasteiger partial charge in [0.25, 0.3) is 0 Å². The number of rotatable bonds is 5. The molecule has 0 aromatic heterocycles. The number of ketones is 1. The van der Waals surface area contributed by atoms with E-state index in [-0.39, 0.29) is 17.7 Å². The number of hydrogen-bond acceptors (Lipinski definition) is 5. The van der Waals surface area contributed by atoms with Crippen molar-refractivity contribution >= 4 is 11.8 Å². The molecule has 0 N–H and O–H groups in total. The van der Waals surface area contributed by atoms with Crippen molar-refractivity contribution in [3.63, 3.8) is 0 Å². The molecule has 114 valence electrons. The number of Topliss-reactive ketones (excluding diaryl/α,β-unsaturated/α-hetero) is 1. The summed E-state index contributed by atoms with van der Waals surface area (Å²) in [5.41, 5.74) is -1.01. The van der Waals surface area contributed by atoms with Crippen molar-refractivity contribution in [3.8, 4) is 0 Å². The van der Waals surface area contributed by atoms with Crippen molar-refractivity contribution in [3.05, 3.63) is 0 Å². The molecule has 0 unspecified atom stereocenters. The first-order valence-electron chi connectivity index (χ1n) is 7.43. The predicted octanol–water partition coefficient (Wildman–Crippen LogP) is 2.08. The van der Waals surface area contributed by atoms with Gasteiger partial charge in [0.05, 0.1) is 19.8 Å². The average Bonchev–Trinajstić information content (AvgIpc) is 2.95. The van der Waals surface area contributed by atoms with Crippen molar-refractivity contribution in [1.82, 2.24) is 0 Å². The Morgan fingerprint density at radius 2 is 2.00 bits per heavy atom. The Morgan fingerprint density at radius 3 is 2.50 bits per heavy atom. The topological polar surface area (TPSA) is 61.8 Å². The number of ether oxygens (including phenoxy) is 3. The van der Waals surface area contributed by atoms with E-state index in [1.807, 2.05) is 13.8 Å². The van der Waals surface area contributed by atoms with Crippen LogP contribution in [0.5, 0.6) is 0 Å². The SMILES string of the molecule is CCOC(=O)[C@@]1(CCC2(C)OCCO2)C(=O)CC[C@H]1C. The first-order valence-corrected chi connectivity index (χ1v) is 7.43. The molecule has 0 amide bonds. The molecule has 2 atom stereocenters. The third-order valence-corrected chi connectivity index (χ3v) is 4.65. The molecule has 2 aliphatic rings. The average molecular weight is 284 g/mol. The first kappa shape index (κ1) is 15.4. The minimum Gasteiger partial charge on any atom is -0.465 e. The van der Waals surface area contributed by atoms with E-state index in [1.54, 1.807) is 6.92 Å². The quantitative estimate of drug-likeness (QED) is 0.571. The van der Waals surface area contributed by atoms with Crippen LogP contribution in [0, 0.1) is 11.3 Å². The van der Waals surface area contributed by atoms with Crippen molar-refractivity contribution in [2.45, 2.75) is 52.2 Å². The molecule has 1 saturated carbocycles. The van der Waals surface area contributed by atoms with Crippen molar-refractivity contribution in [2.24, 2.45) is 11.3 Å². The summed E-state index contributed by atoms with van der Waals surface area (Å²) in [6.07, 6.45) is 2.17. The summed E-state index contributed by atoms with van der Waals surface area (Å²) in [6, 6.07) is 0. The zero-order valence-corrected chi connectivity index (χ0v) is 12.6. The van der Waals surface area contributed by atoms with E-state index in [1.165, 1.54) is 0 Å². The van der Waals surface area contributed by atoms with Gasteiger partial charge in [-0.15, -0.1) is 0 Å². The molecule has 2 rings (SSSR count). The maximum atomic E-state index is 12.4. The lowest BCUT2D eigenvalue weighted by Gasteiger charge is -2.32. The van der Waals surface area contributed by atoms with Gasteiger partial charge in [-0.3, -0.25) is 9.59 Å². The summed E-state index contributed by atoms with van der Waals surface area (Å²) in [7, 11) is 0. The normalized spacial score (nSPS) is 32.5. The molecule has 0 aromatic rings. The summed E-state index contributed by atoms with van der Waals surface area (Å²) in [5.74, 6) is -1.04. The second-order valence-corrected chi connectivity index (χ2v) is 5.89. The lowest BCUT2D eigenvalue weighted by atomic mass is 9.73. The molecular weight excluding hydrogens is 260 g/mol. The van der Waals surface area contributed by atoms with E-state index in [0.717, 1.165) is 6.42 Å². The van der Waals surface area contributed by atoms with E-state index in [2.05, 4.69) is 0 Å². The van der Waals surface area contributed by atoms with Crippen LogP contribution in [0.15, 0.2) is 0 Å². The molecule has 2 fully saturated rings. The fourth-order valence-corrected chi connectivity index (χ4v) is 3.28. The van der Waals surface area contributed by atoms with E-state index >= 15 is 0 Å². The first-order chi connectivity index (χ1) is 9.44. The summed E-state index contributed by atoms with van der Waals surface area (Å²) >= 11 is 0. The van der Waals surface area contributed by atoms with Gasteiger partial charge in [0.15, 0.2) is 5.79 Å². The molecule has 1 saturated heterocycles. The minimum absolute atomic E-state index is 0.00467. The minimum atomic E-state index is -1.01. The monoisotopic (exact) mass is 284 g/mol. The molecule has 1 heterocycles. The number of esters is 1. The number of hydrogen-bond donors (Lipinski definition) is 0. The van der Waals surface area contributed by atoms with E-state index in [9.17, 15) is 9.59 Å². The Labute approximate surface area is 120 Å². The Hall–Kier alpha value is -0.940. The Bertz CT molecular complexity index is 386. The Balaban J connectivity index is 2.15. The lowest BCUT2D eigenvalue weighted by Crippen LogP contribution is -2.43. The molecule has 1 aliphatic heterocycles. The highest BCUT2D eigenvalue weighted by Gasteiger charge is 2.55. The third kappa shape index (κ3) is 2.61. The van der Waals surface area contributed by atoms with Gasteiger partial charge in [-0.05, 0) is 32.6 Å². The molecule has 0 spiro atoms. The molecule has 0 radical (unpaired) electrons. The van der Waals surface area contributed by atoms with Gasteiger partial charge in [0.1, 0.15) is 11.2 Å². The van der Waals surface area contributed by atoms with Gasteiger partial charge in [-0.1, -0.05) is 6.92 Å². The maximum Gasteiger partial charge on any atom is 0.319 e. The Morgan fingerprint density at radius 1 is 1.35 bits per heavy atom. The smallest absolute Gasteiger partial charge is 0.319 e. The van der Waals surface area contributed by atoms with Gasteiger partial charge in [-0.25, -0.2) is 0 Å². The number of carbonyl (C=O) groups excluding carboxylic acids is 2. The highest BCUT2D eigenvalue weighted by atomic mass is 16.7. The van der Waals surface area contributed by atoms with Crippen LogP contribution in [0.1, 0.15) is 46.5 Å². The second-order valence-electron chi connectivity index (χ2n) is 5.89. The molecule has 0 bridgehead atoms. The van der Waals surface area contributed by atoms with Gasteiger partial charge in [0, 0.05) is 12.8 Å². The molecule has 1 aliphatic carbocycles. The predicted molar refractivity (Wildman–Crippen MR) is 72.0 cm³/mol. The fraction of sp³-hybridized carbons (Fsp3) is 0.867. The molecule has 0 aromatic carbocycles. The van der Waals surface area contributed by atoms with Crippen molar-refractivity contribution < 1.29 is 23.8 Å². The zero-order chi connectivity index (χ0) is 14.8. The summed E-state index contributed by atoms with van der Waals surface area (Å²) in [5, 5.41) is 0. The van der Waals surface area contributed by atoms with Crippen LogP contribution in [0.25, 0.3) is 0 Å². The van der Waals surface area contributed by atoms with Crippen molar-refractivity contribution in [2.75, 3.05) is 19.8 Å². The van der Waals surface area contributed by atoms with Crippen LogP contribution in [0.3, 0.4) is 0 Å². The van der Waals surface area contributed by atoms with Crippen LogP contribution in [0.4, 0.5) is 0 Å². The molecular formula is C15H24O5. The van der Waals surface area contributed by atoms with Gasteiger partial charge in [-0.2, -0.15) is 0 Å². The van der Waals surface area contributed by atoms with Crippen LogP contribution in [0.2, 0.25) is 0 Å². The second kappa shape index (κ2) is 5.82. The third-order valence-electron chi connectivity index (χ3n) is 4.65. The van der Waals surface area contributed by atoms with E-state index in [0.29, 0.717) is 39.1 Å². The van der Waals surface area contributed by atoms with E-state index < -0.39 is 11.2 Å². The highest BCUT2D eigenvalue weighted by molar-refractivity contribution is 6.05. The number of carbonyl (C=O) groups is 2. The summed E-state index contributed by atoms with van der Waals surface area (Å²) < 4.78 is 16.3. The van der Waals surface area contributed by atoms with Crippen LogP contribution < -0.4 is 0 Å². The summed E-state index contributed by atoms with van der Waals surface area (Å²) in [4.78, 5) is 24.7. The standard InChI is InChI=1S/C15H24O5/c1-4-18-13(17)15(11(2)5-6-12(15)16)8-7-14(3)19-9-10-20-14/h11H,4-10H2,1-3H3/t11-,15-/m1/s1. The fourth-order valence-electron chi connectivity index (χ4n) is 3.28. The Kier molecular flexibility index (Phi) is 4.49. The van der Waals surface area contributed by atoms with Crippen LogP contribution in [-0.2, 0) is 23.8 Å². The van der Waals surface area contributed by atoms with Gasteiger partial charge in [0.2, 0.25) is 0 Å². The molecule has 5 heteroatoms. The van der Waals surface area contributed by atoms with Crippen LogP contribution >= 0.6 is 0 Å². The lowest BCUT2D eigenvalue weighted by molar-refractivity contribution is -0.170. The van der Waals surface area contributed by atoms with Gasteiger partial charge >= 0.3 is 5.97 Å². The van der Waals surface area contributed by atoms with Crippen molar-refractivity contribution in [1.29, 1.82) is 0 Å². The largest absolute Gasteiger partial charge is 0.465 e. The maximum absolute atomic E-state index is 12.4. The summed E-state index contributed by atoms with van der Waals surface area (Å²) in [6.45, 7) is 7.01. The molecule has 20 heavy (non-hydrogen) atoms. The zero-order valence-electron chi connectivity index (χ0n) is 12.6. The highest BCUT2D eigenvalue weighted by Crippen LogP contribution is 2.46. The van der Waals surface area contributed by atoms with Gasteiger partial charge < -0.3 is 14.2 Å². The van der Waals surface area contributed by atoms with E-state index in [4.69, 9.17) is 14.2 Å². The van der Waals surface area contributed by atoms with Crippen LogP contribution in [-0.4, -0.2) is 37.4 Å².